The van der Waals surface area contributed by atoms with E-state index in [0.717, 1.165) is 6.07 Å². The second-order valence-corrected chi connectivity index (χ2v) is 8.03. The summed E-state index contributed by atoms with van der Waals surface area (Å²) in [5.74, 6) is -0.269. The Morgan fingerprint density at radius 2 is 2.09 bits per heavy atom. The summed E-state index contributed by atoms with van der Waals surface area (Å²) in [5, 5.41) is 20.3. The highest BCUT2D eigenvalue weighted by atomic mass is 35.5. The first kappa shape index (κ1) is 17.5. The molecule has 1 aromatic rings. The normalized spacial score (nSPS) is 19.5. The van der Waals surface area contributed by atoms with Crippen LogP contribution in [0.3, 0.4) is 0 Å². The predicted octanol–water partition coefficient (Wildman–Crippen LogP) is 2.69. The molecule has 0 bridgehead atoms. The van der Waals surface area contributed by atoms with Crippen LogP contribution < -0.4 is 5.32 Å². The Labute approximate surface area is 145 Å². The standard InChI is InChI=1S/C10H8ClN3O4S4/c11-4-1-5(8(15)7(2-4)22(16,17)18)13-14-6-3-21-10(20)12-9(6)19/h1-2,6,15H,3H2,(H,12,19,20)(H,16,17,18). The van der Waals surface area contributed by atoms with Crippen LogP contribution in [0.25, 0.3) is 0 Å². The monoisotopic (exact) mass is 397 g/mol. The number of phenolic OH excluding ortho intramolecular Hbond substituents is 1. The Morgan fingerprint density at radius 1 is 1.41 bits per heavy atom. The first-order chi connectivity index (χ1) is 10.2. The van der Waals surface area contributed by atoms with Gasteiger partial charge in [-0.25, -0.2) is 0 Å². The van der Waals surface area contributed by atoms with Gasteiger partial charge in [-0.15, -0.1) is 0 Å². The Balaban J connectivity index is 2.34. The lowest BCUT2D eigenvalue weighted by atomic mass is 10.3. The highest BCUT2D eigenvalue weighted by Gasteiger charge is 2.23. The molecule has 1 unspecified atom stereocenters. The minimum Gasteiger partial charge on any atom is -0.504 e. The molecule has 0 radical (unpaired) electrons. The van der Waals surface area contributed by atoms with Crippen molar-refractivity contribution >= 4 is 72.9 Å². The predicted molar refractivity (Wildman–Crippen MR) is 92.0 cm³/mol. The Morgan fingerprint density at radius 3 is 2.68 bits per heavy atom. The average molecular weight is 398 g/mol. The summed E-state index contributed by atoms with van der Waals surface area (Å²) in [6, 6.07) is 1.65. The van der Waals surface area contributed by atoms with Crippen LogP contribution in [-0.2, 0) is 10.1 Å². The number of hydrogen-bond acceptors (Lipinski definition) is 8. The number of benzene rings is 1. The quantitative estimate of drug-likeness (QED) is 0.405. The first-order valence-electron chi connectivity index (χ1n) is 5.57. The van der Waals surface area contributed by atoms with Crippen molar-refractivity contribution in [3.8, 4) is 5.75 Å². The van der Waals surface area contributed by atoms with Crippen molar-refractivity contribution in [2.75, 3.05) is 5.75 Å². The van der Waals surface area contributed by atoms with E-state index in [-0.39, 0.29) is 10.7 Å². The number of nitrogens with one attached hydrogen (secondary N) is 1. The average Bonchev–Trinajstić information content (AvgIpc) is 2.39. The van der Waals surface area contributed by atoms with Gasteiger partial charge in [0, 0.05) is 10.8 Å². The third-order valence-corrected chi connectivity index (χ3v) is 5.26. The SMILES string of the molecule is O=S(=O)(O)c1cc(Cl)cc(N=NC2CSC(=S)NC2=S)c1O. The molecule has 1 aliphatic rings. The molecule has 1 heterocycles. The molecule has 1 aromatic carbocycles. The summed E-state index contributed by atoms with van der Waals surface area (Å²) in [5.41, 5.74) is -0.193. The number of phenols is 1. The molecule has 0 spiro atoms. The number of azo groups is 1. The lowest BCUT2D eigenvalue weighted by Crippen LogP contribution is -2.40. The molecule has 7 nitrogen and oxygen atoms in total. The lowest BCUT2D eigenvalue weighted by Gasteiger charge is -2.20. The fraction of sp³-hybridized carbons (Fsp3) is 0.200. The van der Waals surface area contributed by atoms with E-state index in [2.05, 4.69) is 15.5 Å². The van der Waals surface area contributed by atoms with Crippen molar-refractivity contribution in [1.29, 1.82) is 0 Å². The van der Waals surface area contributed by atoms with E-state index in [9.17, 15) is 13.5 Å². The van der Waals surface area contributed by atoms with Crippen LogP contribution in [0.1, 0.15) is 0 Å². The van der Waals surface area contributed by atoms with Gasteiger partial charge in [0.2, 0.25) is 0 Å². The zero-order chi connectivity index (χ0) is 16.5. The van der Waals surface area contributed by atoms with E-state index < -0.39 is 26.8 Å². The molecule has 0 amide bonds. The van der Waals surface area contributed by atoms with Crippen molar-refractivity contribution in [2.45, 2.75) is 10.9 Å². The number of thiocarbonyl (C=S) groups is 2. The highest BCUT2D eigenvalue weighted by Crippen LogP contribution is 2.37. The van der Waals surface area contributed by atoms with Crippen LogP contribution in [0.4, 0.5) is 5.69 Å². The maximum Gasteiger partial charge on any atom is 0.298 e. The van der Waals surface area contributed by atoms with Gasteiger partial charge in [-0.05, 0) is 12.1 Å². The molecule has 1 aliphatic heterocycles. The van der Waals surface area contributed by atoms with Gasteiger partial charge in [0.1, 0.15) is 25.9 Å². The molecule has 12 heteroatoms. The lowest BCUT2D eigenvalue weighted by molar-refractivity contribution is 0.444. The fourth-order valence-electron chi connectivity index (χ4n) is 1.50. The van der Waals surface area contributed by atoms with Crippen LogP contribution >= 0.6 is 47.8 Å². The number of halogens is 1. The van der Waals surface area contributed by atoms with E-state index in [1.807, 2.05) is 0 Å². The molecule has 22 heavy (non-hydrogen) atoms. The maximum atomic E-state index is 11.2. The van der Waals surface area contributed by atoms with Crippen LogP contribution in [0.15, 0.2) is 27.3 Å². The molecule has 1 saturated heterocycles. The van der Waals surface area contributed by atoms with E-state index >= 15 is 0 Å². The van der Waals surface area contributed by atoms with E-state index in [1.165, 1.54) is 17.8 Å². The highest BCUT2D eigenvalue weighted by molar-refractivity contribution is 8.23. The second kappa shape index (κ2) is 6.72. The van der Waals surface area contributed by atoms with Crippen LogP contribution in [0.5, 0.6) is 5.75 Å². The van der Waals surface area contributed by atoms with E-state index in [4.69, 9.17) is 40.6 Å². The minimum atomic E-state index is -4.64. The van der Waals surface area contributed by atoms with Crippen molar-refractivity contribution in [3.63, 3.8) is 0 Å². The van der Waals surface area contributed by atoms with Crippen molar-refractivity contribution in [1.82, 2.24) is 5.32 Å². The fourth-order valence-corrected chi connectivity index (χ4v) is 3.91. The summed E-state index contributed by atoms with van der Waals surface area (Å²) >= 11 is 17.1. The summed E-state index contributed by atoms with van der Waals surface area (Å²) < 4.78 is 31.9. The van der Waals surface area contributed by atoms with Gasteiger partial charge >= 0.3 is 0 Å². The largest absolute Gasteiger partial charge is 0.504 e. The van der Waals surface area contributed by atoms with Crippen molar-refractivity contribution < 1.29 is 18.1 Å². The number of rotatable bonds is 3. The van der Waals surface area contributed by atoms with Gasteiger partial charge in [-0.3, -0.25) is 4.55 Å². The summed E-state index contributed by atoms with van der Waals surface area (Å²) in [4.78, 5) is -0.363. The molecule has 0 aromatic heterocycles. The van der Waals surface area contributed by atoms with Crippen LogP contribution in [0, 0.1) is 0 Å². The number of hydrogen-bond donors (Lipinski definition) is 3. The Bertz CT molecular complexity index is 781. The van der Waals surface area contributed by atoms with Gasteiger partial charge < -0.3 is 10.4 Å². The Hall–Kier alpha value is -0.850. The van der Waals surface area contributed by atoms with Gasteiger partial charge in [0.15, 0.2) is 5.75 Å². The minimum absolute atomic E-state index is 0.0285. The van der Waals surface area contributed by atoms with Gasteiger partial charge in [0.25, 0.3) is 10.1 Å². The van der Waals surface area contributed by atoms with E-state index in [0.29, 0.717) is 15.1 Å². The second-order valence-electron chi connectivity index (χ2n) is 4.07. The zero-order valence-electron chi connectivity index (χ0n) is 10.6. The molecule has 0 saturated carbocycles. The van der Waals surface area contributed by atoms with Gasteiger partial charge in [0.05, 0.1) is 0 Å². The summed E-state index contributed by atoms with van der Waals surface area (Å²) in [6.07, 6.45) is 0. The first-order valence-corrected chi connectivity index (χ1v) is 9.19. The van der Waals surface area contributed by atoms with Gasteiger partial charge in [-0.2, -0.15) is 18.6 Å². The number of nitrogens with zero attached hydrogens (tertiary/aromatic N) is 2. The molecule has 2 rings (SSSR count). The van der Waals surface area contributed by atoms with E-state index in [1.54, 1.807) is 0 Å². The summed E-state index contributed by atoms with van der Waals surface area (Å²) in [6.45, 7) is 0. The third-order valence-electron chi connectivity index (χ3n) is 2.50. The van der Waals surface area contributed by atoms with Gasteiger partial charge in [-0.1, -0.05) is 47.8 Å². The number of thioether (sulfide) groups is 1. The van der Waals surface area contributed by atoms with Crippen molar-refractivity contribution in [3.05, 3.63) is 17.2 Å². The Kier molecular flexibility index (Phi) is 5.35. The third kappa shape index (κ3) is 4.12. The van der Waals surface area contributed by atoms with Crippen LogP contribution in [-0.4, -0.2) is 39.2 Å². The molecular formula is C10H8ClN3O4S4. The smallest absolute Gasteiger partial charge is 0.298 e. The van der Waals surface area contributed by atoms with Crippen LogP contribution in [0.2, 0.25) is 5.02 Å². The zero-order valence-corrected chi connectivity index (χ0v) is 14.6. The molecular weight excluding hydrogens is 390 g/mol. The molecule has 1 atom stereocenters. The molecule has 1 fully saturated rings. The molecule has 3 N–H and O–H groups in total. The molecule has 118 valence electrons. The number of aromatic hydroxyl groups is 1. The van der Waals surface area contributed by atoms with Crippen molar-refractivity contribution in [2.24, 2.45) is 10.2 Å². The summed E-state index contributed by atoms with van der Waals surface area (Å²) in [7, 11) is -4.64. The topological polar surface area (TPSA) is 111 Å². The maximum absolute atomic E-state index is 11.2. The molecule has 0 aliphatic carbocycles.